The predicted molar refractivity (Wildman–Crippen MR) is 133 cm³/mol. The molecule has 190 valence electrons. The lowest BCUT2D eigenvalue weighted by Crippen LogP contribution is -2.45. The van der Waals surface area contributed by atoms with Crippen LogP contribution < -0.4 is 4.72 Å². The number of ether oxygens (including phenoxy) is 1. The number of hydrogen-bond acceptors (Lipinski definition) is 5. The molecule has 2 aromatic rings. The van der Waals surface area contributed by atoms with Crippen LogP contribution in [0.1, 0.15) is 44.0 Å². The number of sulfonamides is 1. The minimum atomic E-state index is -3.86. The van der Waals surface area contributed by atoms with Gasteiger partial charge in [0.1, 0.15) is 5.60 Å². The summed E-state index contributed by atoms with van der Waals surface area (Å²) in [6.07, 6.45) is 0.791. The lowest BCUT2D eigenvalue weighted by atomic mass is 10.0. The number of hydrogen-bond donors (Lipinski definition) is 1. The third-order valence-electron chi connectivity index (χ3n) is 5.51. The van der Waals surface area contributed by atoms with Crippen molar-refractivity contribution in [3.05, 3.63) is 58.9 Å². The van der Waals surface area contributed by atoms with Gasteiger partial charge in [-0.05, 0) is 62.8 Å². The van der Waals surface area contributed by atoms with Gasteiger partial charge in [-0.2, -0.15) is 0 Å². The molecule has 1 aliphatic rings. The molecule has 1 N–H and O–H groups in total. The standard InChI is InChI=1S/C25H30ClFN2O5S/c1-25(2,3)34-24(31)29-11-7-8-17(15-29)16-35(32,33)28-14-22(30)20-12-19(13-21(26)23(20)27)18-9-5-4-6-10-18/h4-6,9-10,12-13,17,28H,7-8,11,14-16H2,1-3H3. The van der Waals surface area contributed by atoms with Crippen molar-refractivity contribution < 1.29 is 27.1 Å². The number of nitrogens with one attached hydrogen (secondary N) is 1. The molecule has 2 aromatic carbocycles. The topological polar surface area (TPSA) is 92.8 Å². The Bertz CT molecular complexity index is 1180. The fraction of sp³-hybridized carbons (Fsp3) is 0.440. The maximum atomic E-state index is 14.6. The van der Waals surface area contributed by atoms with Crippen molar-refractivity contribution in [2.24, 2.45) is 5.92 Å². The Morgan fingerprint density at radius 1 is 1.17 bits per heavy atom. The number of amides is 1. The molecule has 35 heavy (non-hydrogen) atoms. The Balaban J connectivity index is 1.63. The molecule has 0 spiro atoms. The first kappa shape index (κ1) is 27.1. The summed E-state index contributed by atoms with van der Waals surface area (Å²) in [4.78, 5) is 26.6. The van der Waals surface area contributed by atoms with Gasteiger partial charge in [0.05, 0.1) is 22.9 Å². The van der Waals surface area contributed by atoms with Crippen molar-refractivity contribution in [1.82, 2.24) is 9.62 Å². The van der Waals surface area contributed by atoms with Gasteiger partial charge in [0.15, 0.2) is 11.6 Å². The third kappa shape index (κ3) is 7.75. The van der Waals surface area contributed by atoms with Crippen molar-refractivity contribution in [3.8, 4) is 11.1 Å². The molecule has 0 radical (unpaired) electrons. The van der Waals surface area contributed by atoms with Crippen molar-refractivity contribution in [2.75, 3.05) is 25.4 Å². The summed E-state index contributed by atoms with van der Waals surface area (Å²) in [7, 11) is -3.86. The van der Waals surface area contributed by atoms with Crippen LogP contribution in [-0.4, -0.2) is 56.2 Å². The normalized spacial score (nSPS) is 16.7. The van der Waals surface area contributed by atoms with Crippen LogP contribution in [0.4, 0.5) is 9.18 Å². The minimum Gasteiger partial charge on any atom is -0.444 e. The lowest BCUT2D eigenvalue weighted by molar-refractivity contribution is 0.0176. The number of Topliss-reactive ketones (excluding diaryl/α,β-unsaturated/α-hetero) is 1. The largest absolute Gasteiger partial charge is 0.444 e. The highest BCUT2D eigenvalue weighted by Gasteiger charge is 2.30. The van der Waals surface area contributed by atoms with Crippen molar-refractivity contribution in [3.63, 3.8) is 0 Å². The molecule has 3 rings (SSSR count). The van der Waals surface area contributed by atoms with Crippen LogP contribution in [0.25, 0.3) is 11.1 Å². The SMILES string of the molecule is CC(C)(C)OC(=O)N1CCCC(CS(=O)(=O)NCC(=O)c2cc(-c3ccccc3)cc(Cl)c2F)C1. The highest BCUT2D eigenvalue weighted by atomic mass is 35.5. The first-order valence-electron chi connectivity index (χ1n) is 11.4. The van der Waals surface area contributed by atoms with E-state index in [0.29, 0.717) is 24.9 Å². The number of rotatable bonds is 7. The summed E-state index contributed by atoms with van der Waals surface area (Å²) in [5.41, 5.74) is 0.366. The van der Waals surface area contributed by atoms with Crippen LogP contribution >= 0.6 is 11.6 Å². The number of piperidine rings is 1. The molecule has 0 bridgehead atoms. The second kappa shape index (κ2) is 11.1. The van der Waals surface area contributed by atoms with E-state index >= 15 is 0 Å². The molecule has 0 aromatic heterocycles. The molecular formula is C25H30ClFN2O5S. The number of benzene rings is 2. The second-order valence-electron chi connectivity index (χ2n) is 9.65. The summed E-state index contributed by atoms with van der Waals surface area (Å²) in [5, 5.41) is -0.220. The fourth-order valence-electron chi connectivity index (χ4n) is 3.92. The van der Waals surface area contributed by atoms with Crippen LogP contribution in [0.3, 0.4) is 0 Å². The number of carbonyl (C=O) groups is 2. The zero-order chi connectivity index (χ0) is 25.8. The third-order valence-corrected chi connectivity index (χ3v) is 7.28. The molecule has 7 nitrogen and oxygen atoms in total. The molecule has 0 aliphatic carbocycles. The maximum Gasteiger partial charge on any atom is 0.410 e. The van der Waals surface area contributed by atoms with E-state index in [0.717, 1.165) is 5.56 Å². The van der Waals surface area contributed by atoms with E-state index < -0.39 is 39.9 Å². The van der Waals surface area contributed by atoms with E-state index in [1.807, 2.05) is 6.07 Å². The van der Waals surface area contributed by atoms with Gasteiger partial charge in [-0.25, -0.2) is 22.3 Å². The predicted octanol–water partition coefficient (Wildman–Crippen LogP) is 4.90. The smallest absolute Gasteiger partial charge is 0.410 e. The summed E-state index contributed by atoms with van der Waals surface area (Å²) in [6.45, 7) is 5.44. The Hall–Kier alpha value is -2.49. The number of likely N-dealkylation sites (tertiary alicyclic amines) is 1. The molecule has 1 fully saturated rings. The molecule has 10 heteroatoms. The minimum absolute atomic E-state index is 0.220. The van der Waals surface area contributed by atoms with E-state index in [2.05, 4.69) is 4.72 Å². The molecule has 1 heterocycles. The highest BCUT2D eigenvalue weighted by molar-refractivity contribution is 7.89. The maximum absolute atomic E-state index is 14.6. The number of carbonyl (C=O) groups excluding carboxylic acids is 2. The molecule has 1 aliphatic heterocycles. The van der Waals surface area contributed by atoms with Crippen LogP contribution in [0.15, 0.2) is 42.5 Å². The summed E-state index contributed by atoms with van der Waals surface area (Å²) < 4.78 is 47.6. The lowest BCUT2D eigenvalue weighted by Gasteiger charge is -2.34. The quantitative estimate of drug-likeness (QED) is 0.520. The molecule has 1 amide bonds. The Morgan fingerprint density at radius 3 is 2.51 bits per heavy atom. The first-order valence-corrected chi connectivity index (χ1v) is 13.4. The van der Waals surface area contributed by atoms with Crippen LogP contribution in [0.5, 0.6) is 0 Å². The van der Waals surface area contributed by atoms with Gasteiger partial charge in [0.2, 0.25) is 10.0 Å². The summed E-state index contributed by atoms with van der Waals surface area (Å²) in [5.74, 6) is -2.19. The number of halogens is 2. The van der Waals surface area contributed by atoms with Gasteiger partial charge < -0.3 is 9.64 Å². The van der Waals surface area contributed by atoms with Crippen molar-refractivity contribution in [1.29, 1.82) is 0 Å². The average Bonchev–Trinajstić information content (AvgIpc) is 2.78. The fourth-order valence-corrected chi connectivity index (χ4v) is 5.50. The van der Waals surface area contributed by atoms with E-state index in [4.69, 9.17) is 16.3 Å². The Morgan fingerprint density at radius 2 is 1.86 bits per heavy atom. The summed E-state index contributed by atoms with van der Waals surface area (Å²) in [6, 6.07) is 11.8. The molecular weight excluding hydrogens is 495 g/mol. The van der Waals surface area contributed by atoms with Crippen molar-refractivity contribution >= 4 is 33.5 Å². The van der Waals surface area contributed by atoms with Crippen molar-refractivity contribution in [2.45, 2.75) is 39.2 Å². The van der Waals surface area contributed by atoms with Crippen LogP contribution in [0.2, 0.25) is 5.02 Å². The van der Waals surface area contributed by atoms with Gasteiger partial charge in [-0.1, -0.05) is 41.9 Å². The van der Waals surface area contributed by atoms with Gasteiger partial charge in [-0.15, -0.1) is 0 Å². The summed E-state index contributed by atoms with van der Waals surface area (Å²) >= 11 is 6.00. The van der Waals surface area contributed by atoms with Gasteiger partial charge in [0.25, 0.3) is 0 Å². The molecule has 1 atom stereocenters. The zero-order valence-electron chi connectivity index (χ0n) is 20.0. The zero-order valence-corrected chi connectivity index (χ0v) is 21.6. The average molecular weight is 525 g/mol. The van der Waals surface area contributed by atoms with E-state index in [1.54, 1.807) is 45.0 Å². The molecule has 1 saturated heterocycles. The van der Waals surface area contributed by atoms with E-state index in [9.17, 15) is 22.4 Å². The monoisotopic (exact) mass is 524 g/mol. The van der Waals surface area contributed by atoms with Gasteiger partial charge in [0, 0.05) is 13.1 Å². The highest BCUT2D eigenvalue weighted by Crippen LogP contribution is 2.28. The van der Waals surface area contributed by atoms with Crippen LogP contribution in [-0.2, 0) is 14.8 Å². The van der Waals surface area contributed by atoms with Gasteiger partial charge in [-0.3, -0.25) is 4.79 Å². The molecule has 1 unspecified atom stereocenters. The first-order chi connectivity index (χ1) is 16.3. The number of nitrogens with zero attached hydrogens (tertiary/aromatic N) is 1. The van der Waals surface area contributed by atoms with E-state index in [-0.39, 0.29) is 28.8 Å². The van der Waals surface area contributed by atoms with E-state index in [1.165, 1.54) is 17.0 Å². The van der Waals surface area contributed by atoms with Gasteiger partial charge >= 0.3 is 6.09 Å². The Labute approximate surface area is 210 Å². The molecule has 0 saturated carbocycles. The van der Waals surface area contributed by atoms with Crippen LogP contribution in [0, 0.1) is 11.7 Å². The Kier molecular flexibility index (Phi) is 8.56. The second-order valence-corrected chi connectivity index (χ2v) is 11.9. The number of ketones is 1.